The van der Waals surface area contributed by atoms with Gasteiger partial charge in [0.2, 0.25) is 0 Å². The highest BCUT2D eigenvalue weighted by molar-refractivity contribution is 5.53. The number of hydrogen-bond acceptors (Lipinski definition) is 5. The first kappa shape index (κ1) is 16.3. The summed E-state index contributed by atoms with van der Waals surface area (Å²) in [6.07, 6.45) is 1.75. The van der Waals surface area contributed by atoms with E-state index in [-0.39, 0.29) is 0 Å². The lowest BCUT2D eigenvalue weighted by atomic mass is 10.1. The van der Waals surface area contributed by atoms with Gasteiger partial charge >= 0.3 is 0 Å². The quantitative estimate of drug-likeness (QED) is 0.866. The Bertz CT molecular complexity index is 732. The fourth-order valence-electron chi connectivity index (χ4n) is 3.17. The second-order valence-electron chi connectivity index (χ2n) is 5.96. The number of hydrogen-bond donors (Lipinski definition) is 0. The molecule has 0 radical (unpaired) electrons. The molecule has 2 heterocycles. The van der Waals surface area contributed by atoms with Crippen molar-refractivity contribution in [1.29, 1.82) is 5.26 Å². The average Bonchev–Trinajstić information content (AvgIpc) is 2.67. The number of nitrogens with zero attached hydrogens (tertiary/aromatic N) is 4. The number of nitriles is 1. The maximum Gasteiger partial charge on any atom is 0.146 e. The van der Waals surface area contributed by atoms with Gasteiger partial charge in [0.25, 0.3) is 0 Å². The summed E-state index contributed by atoms with van der Waals surface area (Å²) in [4.78, 5) is 9.05. The van der Waals surface area contributed by atoms with Crippen molar-refractivity contribution in [2.45, 2.75) is 13.0 Å². The normalized spacial score (nSPS) is 16.5. The molecule has 24 heavy (non-hydrogen) atoms. The molecule has 5 heteroatoms. The first-order valence-corrected chi connectivity index (χ1v) is 8.21. The van der Waals surface area contributed by atoms with Gasteiger partial charge in [-0.05, 0) is 36.8 Å². The van der Waals surface area contributed by atoms with Gasteiger partial charge in [-0.1, -0.05) is 12.1 Å². The van der Waals surface area contributed by atoms with Crippen LogP contribution in [0.15, 0.2) is 42.6 Å². The third-order valence-electron chi connectivity index (χ3n) is 4.64. The summed E-state index contributed by atoms with van der Waals surface area (Å²) in [5.41, 5.74) is 1.91. The summed E-state index contributed by atoms with van der Waals surface area (Å²) in [6.45, 7) is 5.87. The minimum absolute atomic E-state index is 0.335. The number of methoxy groups -OCH3 is 1. The molecule has 0 N–H and O–H groups in total. The van der Waals surface area contributed by atoms with Gasteiger partial charge in [-0.3, -0.25) is 4.90 Å². The average molecular weight is 322 g/mol. The van der Waals surface area contributed by atoms with Crippen molar-refractivity contribution >= 4 is 5.82 Å². The van der Waals surface area contributed by atoms with Crippen LogP contribution in [0, 0.1) is 11.3 Å². The van der Waals surface area contributed by atoms with Crippen LogP contribution in [0.2, 0.25) is 0 Å². The summed E-state index contributed by atoms with van der Waals surface area (Å²) < 4.78 is 5.33. The molecule has 3 rings (SSSR count). The van der Waals surface area contributed by atoms with Crippen molar-refractivity contribution in [2.24, 2.45) is 0 Å². The van der Waals surface area contributed by atoms with Gasteiger partial charge in [0.05, 0.1) is 12.7 Å². The number of aromatic nitrogens is 1. The Kier molecular flexibility index (Phi) is 4.97. The first-order valence-electron chi connectivity index (χ1n) is 8.21. The van der Waals surface area contributed by atoms with E-state index in [0.29, 0.717) is 11.6 Å². The van der Waals surface area contributed by atoms with E-state index in [2.05, 4.69) is 39.9 Å². The zero-order valence-electron chi connectivity index (χ0n) is 14.1. The van der Waals surface area contributed by atoms with Crippen molar-refractivity contribution in [3.63, 3.8) is 0 Å². The van der Waals surface area contributed by atoms with Crippen LogP contribution in [0.4, 0.5) is 5.82 Å². The maximum atomic E-state index is 9.25. The van der Waals surface area contributed by atoms with Gasteiger partial charge in [0, 0.05) is 38.4 Å². The van der Waals surface area contributed by atoms with E-state index in [1.54, 1.807) is 13.3 Å². The highest BCUT2D eigenvalue weighted by Crippen LogP contribution is 2.26. The van der Waals surface area contributed by atoms with Gasteiger partial charge in [0.1, 0.15) is 17.6 Å². The van der Waals surface area contributed by atoms with Gasteiger partial charge < -0.3 is 9.64 Å². The summed E-state index contributed by atoms with van der Waals surface area (Å²) in [6, 6.07) is 14.5. The third kappa shape index (κ3) is 3.34. The number of pyridine rings is 1. The van der Waals surface area contributed by atoms with Crippen molar-refractivity contribution in [1.82, 2.24) is 9.88 Å². The van der Waals surface area contributed by atoms with Crippen molar-refractivity contribution in [2.75, 3.05) is 38.2 Å². The van der Waals surface area contributed by atoms with Crippen molar-refractivity contribution in [3.05, 3.63) is 53.7 Å². The van der Waals surface area contributed by atoms with Crippen LogP contribution in [0.5, 0.6) is 5.75 Å². The summed E-state index contributed by atoms with van der Waals surface area (Å²) in [7, 11) is 1.70. The fourth-order valence-corrected chi connectivity index (χ4v) is 3.17. The molecule has 0 aliphatic carbocycles. The van der Waals surface area contributed by atoms with Gasteiger partial charge in [-0.25, -0.2) is 4.98 Å². The van der Waals surface area contributed by atoms with Crippen molar-refractivity contribution in [3.8, 4) is 11.8 Å². The van der Waals surface area contributed by atoms with E-state index < -0.39 is 0 Å². The monoisotopic (exact) mass is 322 g/mol. The van der Waals surface area contributed by atoms with Crippen LogP contribution in [-0.4, -0.2) is 43.2 Å². The zero-order chi connectivity index (χ0) is 16.9. The molecule has 0 amide bonds. The van der Waals surface area contributed by atoms with Crippen molar-refractivity contribution < 1.29 is 4.74 Å². The molecule has 5 nitrogen and oxygen atoms in total. The number of benzene rings is 1. The topological polar surface area (TPSA) is 52.4 Å². The first-order chi connectivity index (χ1) is 11.7. The largest absolute Gasteiger partial charge is 0.497 e. The zero-order valence-corrected chi connectivity index (χ0v) is 14.1. The fraction of sp³-hybridized carbons (Fsp3) is 0.368. The molecule has 124 valence electrons. The Balaban J connectivity index is 1.67. The number of rotatable bonds is 4. The lowest BCUT2D eigenvalue weighted by Crippen LogP contribution is -2.47. The molecule has 0 saturated carbocycles. The van der Waals surface area contributed by atoms with E-state index in [4.69, 9.17) is 4.74 Å². The van der Waals surface area contributed by atoms with Crippen LogP contribution in [0.3, 0.4) is 0 Å². The molecule has 1 aliphatic heterocycles. The highest BCUT2D eigenvalue weighted by atomic mass is 16.5. The molecule has 0 bridgehead atoms. The SMILES string of the molecule is COc1cccc(C(C)N2CCN(c3ncccc3C#N)CC2)c1. The van der Waals surface area contributed by atoms with E-state index in [1.807, 2.05) is 24.3 Å². The molecule has 1 aliphatic rings. The Labute approximate surface area is 143 Å². The molecular formula is C19H22N4O. The van der Waals surface area contributed by atoms with Crippen LogP contribution < -0.4 is 9.64 Å². The minimum atomic E-state index is 0.335. The Morgan fingerprint density at radius 2 is 1.96 bits per heavy atom. The Morgan fingerprint density at radius 3 is 2.67 bits per heavy atom. The van der Waals surface area contributed by atoms with Crippen LogP contribution >= 0.6 is 0 Å². The number of ether oxygens (including phenoxy) is 1. The lowest BCUT2D eigenvalue weighted by Gasteiger charge is -2.39. The summed E-state index contributed by atoms with van der Waals surface area (Å²) >= 11 is 0. The van der Waals surface area contributed by atoms with Gasteiger partial charge in [0.15, 0.2) is 0 Å². The molecule has 1 saturated heterocycles. The smallest absolute Gasteiger partial charge is 0.146 e. The molecule has 1 atom stereocenters. The molecule has 1 aromatic heterocycles. The molecular weight excluding hydrogens is 300 g/mol. The molecule has 0 spiro atoms. The molecule has 1 fully saturated rings. The number of anilines is 1. The summed E-state index contributed by atoms with van der Waals surface area (Å²) in [5.74, 6) is 1.69. The van der Waals surface area contributed by atoms with Crippen LogP contribution in [0.1, 0.15) is 24.1 Å². The Morgan fingerprint density at radius 1 is 1.17 bits per heavy atom. The van der Waals surface area contributed by atoms with E-state index in [0.717, 1.165) is 37.7 Å². The maximum absolute atomic E-state index is 9.25. The van der Waals surface area contributed by atoms with E-state index >= 15 is 0 Å². The predicted octanol–water partition coefficient (Wildman–Crippen LogP) is 2.85. The highest BCUT2D eigenvalue weighted by Gasteiger charge is 2.24. The predicted molar refractivity (Wildman–Crippen MR) is 94.1 cm³/mol. The molecule has 1 aromatic carbocycles. The Hall–Kier alpha value is -2.58. The standard InChI is InChI=1S/C19H22N4O/c1-15(16-5-3-7-18(13-16)24-2)22-9-11-23(12-10-22)19-17(14-20)6-4-8-21-19/h3-8,13,15H,9-12H2,1-2H3. The van der Waals surface area contributed by atoms with Gasteiger partial charge in [-0.2, -0.15) is 5.26 Å². The van der Waals surface area contributed by atoms with Gasteiger partial charge in [-0.15, -0.1) is 0 Å². The van der Waals surface area contributed by atoms with Crippen LogP contribution in [0.25, 0.3) is 0 Å². The lowest BCUT2D eigenvalue weighted by molar-refractivity contribution is 0.198. The minimum Gasteiger partial charge on any atom is -0.497 e. The number of piperazine rings is 1. The van der Waals surface area contributed by atoms with E-state index in [1.165, 1.54) is 5.56 Å². The summed E-state index contributed by atoms with van der Waals surface area (Å²) in [5, 5.41) is 9.25. The van der Waals surface area contributed by atoms with E-state index in [9.17, 15) is 5.26 Å². The second kappa shape index (κ2) is 7.33. The molecule has 2 aromatic rings. The van der Waals surface area contributed by atoms with Crippen LogP contribution in [-0.2, 0) is 0 Å². The second-order valence-corrected chi connectivity index (χ2v) is 5.96. The molecule has 1 unspecified atom stereocenters. The third-order valence-corrected chi connectivity index (χ3v) is 4.64.